The fourth-order valence-electron chi connectivity index (χ4n) is 3.08. The number of sulfonamides is 1. The Morgan fingerprint density at radius 2 is 1.84 bits per heavy atom. The van der Waals surface area contributed by atoms with Gasteiger partial charge in [0, 0.05) is 18.7 Å². The van der Waals surface area contributed by atoms with Gasteiger partial charge >= 0.3 is 0 Å². The van der Waals surface area contributed by atoms with E-state index in [0.29, 0.717) is 24.7 Å². The van der Waals surface area contributed by atoms with Crippen molar-refractivity contribution < 1.29 is 13.2 Å². The van der Waals surface area contributed by atoms with Crippen LogP contribution in [0.1, 0.15) is 18.1 Å². The van der Waals surface area contributed by atoms with Gasteiger partial charge in [0.25, 0.3) is 0 Å². The van der Waals surface area contributed by atoms with Gasteiger partial charge < -0.3 is 9.88 Å². The minimum absolute atomic E-state index is 0.0711. The predicted octanol–water partition coefficient (Wildman–Crippen LogP) is 2.37. The molecule has 1 aromatic heterocycles. The summed E-state index contributed by atoms with van der Waals surface area (Å²) in [5.41, 5.74) is 3.06. The molecule has 3 aromatic rings. The third-order valence-electron chi connectivity index (χ3n) is 4.74. The molecule has 31 heavy (non-hydrogen) atoms. The Morgan fingerprint density at radius 3 is 2.48 bits per heavy atom. The van der Waals surface area contributed by atoms with Crippen LogP contribution in [-0.2, 0) is 27.8 Å². The summed E-state index contributed by atoms with van der Waals surface area (Å²) in [6.45, 7) is 5.21. The molecule has 0 saturated heterocycles. The number of primary sulfonamides is 1. The zero-order chi connectivity index (χ0) is 22.4. The van der Waals surface area contributed by atoms with Crippen LogP contribution >= 0.6 is 11.8 Å². The van der Waals surface area contributed by atoms with Crippen molar-refractivity contribution in [2.24, 2.45) is 5.14 Å². The van der Waals surface area contributed by atoms with Crippen molar-refractivity contribution in [1.82, 2.24) is 20.1 Å². The van der Waals surface area contributed by atoms with Crippen LogP contribution in [0, 0.1) is 6.92 Å². The quantitative estimate of drug-likeness (QED) is 0.474. The normalized spacial score (nSPS) is 11.5. The molecule has 1 amide bonds. The van der Waals surface area contributed by atoms with Crippen LogP contribution in [0.15, 0.2) is 58.6 Å². The lowest BCUT2D eigenvalue weighted by molar-refractivity contribution is -0.118. The van der Waals surface area contributed by atoms with Crippen LogP contribution < -0.4 is 10.5 Å². The fraction of sp³-hybridized carbons (Fsp3) is 0.286. The molecule has 10 heteroatoms. The molecule has 0 unspecified atom stereocenters. The Hall–Kier alpha value is -2.69. The van der Waals surface area contributed by atoms with Gasteiger partial charge in [0.2, 0.25) is 15.9 Å². The average molecular weight is 460 g/mol. The van der Waals surface area contributed by atoms with E-state index in [-0.39, 0.29) is 16.6 Å². The summed E-state index contributed by atoms with van der Waals surface area (Å²) in [5, 5.41) is 17.3. The highest BCUT2D eigenvalue weighted by atomic mass is 32.2. The Morgan fingerprint density at radius 1 is 1.13 bits per heavy atom. The van der Waals surface area contributed by atoms with E-state index in [0.717, 1.165) is 22.5 Å². The minimum atomic E-state index is -3.70. The number of carbonyl (C=O) groups excluding carboxylic acids is 1. The molecule has 2 aromatic carbocycles. The van der Waals surface area contributed by atoms with E-state index in [1.807, 2.05) is 42.7 Å². The molecule has 164 valence electrons. The highest BCUT2D eigenvalue weighted by Crippen LogP contribution is 2.26. The number of aromatic nitrogens is 3. The first-order chi connectivity index (χ1) is 14.8. The Bertz CT molecular complexity index is 1160. The van der Waals surface area contributed by atoms with E-state index >= 15 is 0 Å². The number of carbonyl (C=O) groups is 1. The zero-order valence-corrected chi connectivity index (χ0v) is 19.0. The van der Waals surface area contributed by atoms with Crippen LogP contribution in [0.5, 0.6) is 0 Å². The maximum atomic E-state index is 12.2. The molecule has 0 saturated carbocycles. The monoisotopic (exact) mass is 459 g/mol. The maximum absolute atomic E-state index is 12.2. The molecule has 0 aliphatic heterocycles. The molecule has 3 N–H and O–H groups in total. The van der Waals surface area contributed by atoms with Gasteiger partial charge in [-0.25, -0.2) is 13.6 Å². The fourth-order valence-corrected chi connectivity index (χ4v) is 4.42. The molecular formula is C21H25N5O3S2. The molecule has 1 heterocycles. The van der Waals surface area contributed by atoms with Crippen molar-refractivity contribution in [2.75, 3.05) is 12.3 Å². The van der Waals surface area contributed by atoms with Crippen LogP contribution in [0.25, 0.3) is 11.4 Å². The Kier molecular flexibility index (Phi) is 7.47. The number of aryl methyl sites for hydroxylation is 1. The standard InChI is InChI=1S/C21H25N5O3S2/c1-3-26-20(18-7-5-4-6-15(18)2)24-25-21(26)30-14-19(27)23-13-12-16-8-10-17(11-9-16)31(22,28)29/h4-11H,3,12-14H2,1-2H3,(H,23,27)(H2,22,28,29). The number of amides is 1. The van der Waals surface area contributed by atoms with Crippen molar-refractivity contribution in [2.45, 2.75) is 36.9 Å². The van der Waals surface area contributed by atoms with Gasteiger partial charge in [-0.3, -0.25) is 4.79 Å². The van der Waals surface area contributed by atoms with Gasteiger partial charge in [0.05, 0.1) is 10.6 Å². The number of rotatable bonds is 9. The Labute approximate surface area is 186 Å². The molecule has 8 nitrogen and oxygen atoms in total. The highest BCUT2D eigenvalue weighted by Gasteiger charge is 2.15. The molecule has 0 aliphatic carbocycles. The summed E-state index contributed by atoms with van der Waals surface area (Å²) in [5.74, 6) is 0.927. The largest absolute Gasteiger partial charge is 0.355 e. The van der Waals surface area contributed by atoms with E-state index in [4.69, 9.17) is 5.14 Å². The van der Waals surface area contributed by atoms with E-state index in [1.165, 1.54) is 23.9 Å². The molecule has 0 spiro atoms. The predicted molar refractivity (Wildman–Crippen MR) is 121 cm³/mol. The number of thioether (sulfide) groups is 1. The number of nitrogens with zero attached hydrogens (tertiary/aromatic N) is 3. The first-order valence-electron chi connectivity index (χ1n) is 9.80. The molecule has 0 fully saturated rings. The third-order valence-corrected chi connectivity index (χ3v) is 6.64. The van der Waals surface area contributed by atoms with Crippen molar-refractivity contribution in [3.05, 3.63) is 59.7 Å². The lowest BCUT2D eigenvalue weighted by atomic mass is 10.1. The van der Waals surface area contributed by atoms with Crippen molar-refractivity contribution in [1.29, 1.82) is 0 Å². The third kappa shape index (κ3) is 5.93. The molecule has 0 bridgehead atoms. The number of benzene rings is 2. The van der Waals surface area contributed by atoms with Crippen molar-refractivity contribution >= 4 is 27.7 Å². The molecule has 0 aliphatic rings. The average Bonchev–Trinajstić information content (AvgIpc) is 3.15. The first-order valence-corrected chi connectivity index (χ1v) is 12.3. The van der Waals surface area contributed by atoms with Gasteiger partial charge in [-0.1, -0.05) is 48.2 Å². The smallest absolute Gasteiger partial charge is 0.238 e. The van der Waals surface area contributed by atoms with Gasteiger partial charge in [-0.15, -0.1) is 10.2 Å². The molecule has 0 atom stereocenters. The van der Waals surface area contributed by atoms with E-state index in [9.17, 15) is 13.2 Å². The lowest BCUT2D eigenvalue weighted by Crippen LogP contribution is -2.27. The molecular weight excluding hydrogens is 434 g/mol. The number of hydrogen-bond donors (Lipinski definition) is 2. The second-order valence-electron chi connectivity index (χ2n) is 6.94. The van der Waals surface area contributed by atoms with E-state index < -0.39 is 10.0 Å². The second-order valence-corrected chi connectivity index (χ2v) is 9.45. The highest BCUT2D eigenvalue weighted by molar-refractivity contribution is 7.99. The number of nitrogens with one attached hydrogen (secondary N) is 1. The van der Waals surface area contributed by atoms with Crippen LogP contribution in [0.2, 0.25) is 0 Å². The zero-order valence-electron chi connectivity index (χ0n) is 17.4. The molecule has 0 radical (unpaired) electrons. The van der Waals surface area contributed by atoms with Crippen molar-refractivity contribution in [3.8, 4) is 11.4 Å². The van der Waals surface area contributed by atoms with E-state index in [1.54, 1.807) is 12.1 Å². The summed E-state index contributed by atoms with van der Waals surface area (Å²) < 4.78 is 24.6. The number of nitrogens with two attached hydrogens (primary N) is 1. The summed E-state index contributed by atoms with van der Waals surface area (Å²) in [6, 6.07) is 14.3. The maximum Gasteiger partial charge on any atom is 0.238 e. The van der Waals surface area contributed by atoms with Gasteiger partial charge in [0.15, 0.2) is 11.0 Å². The Balaban J connectivity index is 1.53. The molecule has 3 rings (SSSR count). The SMILES string of the molecule is CCn1c(SCC(=O)NCCc2ccc(S(N)(=O)=O)cc2)nnc1-c1ccccc1C. The lowest BCUT2D eigenvalue weighted by Gasteiger charge is -2.09. The summed E-state index contributed by atoms with van der Waals surface area (Å²) in [7, 11) is -3.70. The van der Waals surface area contributed by atoms with Crippen molar-refractivity contribution in [3.63, 3.8) is 0 Å². The first kappa shape index (κ1) is 23.0. The second kappa shape index (κ2) is 10.1. The van der Waals surface area contributed by atoms with E-state index in [2.05, 4.69) is 15.5 Å². The van der Waals surface area contributed by atoms with Crippen LogP contribution in [0.3, 0.4) is 0 Å². The van der Waals surface area contributed by atoms with Gasteiger partial charge in [-0.2, -0.15) is 0 Å². The summed E-state index contributed by atoms with van der Waals surface area (Å²) in [4.78, 5) is 12.3. The van der Waals surface area contributed by atoms with Gasteiger partial charge in [0.1, 0.15) is 0 Å². The van der Waals surface area contributed by atoms with Gasteiger partial charge in [-0.05, 0) is 43.5 Å². The number of hydrogen-bond acceptors (Lipinski definition) is 6. The minimum Gasteiger partial charge on any atom is -0.355 e. The summed E-state index contributed by atoms with van der Waals surface area (Å²) in [6.07, 6.45) is 0.587. The topological polar surface area (TPSA) is 120 Å². The van der Waals surface area contributed by atoms with Crippen LogP contribution in [0.4, 0.5) is 0 Å². The van der Waals surface area contributed by atoms with Crippen LogP contribution in [-0.4, -0.2) is 41.4 Å². The summed E-state index contributed by atoms with van der Waals surface area (Å²) >= 11 is 1.35.